The maximum absolute atomic E-state index is 11.4. The highest BCUT2D eigenvalue weighted by Gasteiger charge is 2.17. The number of hydrogen-bond donors (Lipinski definition) is 1. The molecule has 0 aliphatic carbocycles. The number of carboxylic acid groups (broad SMARTS) is 1. The van der Waals surface area contributed by atoms with E-state index in [2.05, 4.69) is 0 Å². The predicted molar refractivity (Wildman–Crippen MR) is 67.8 cm³/mol. The van der Waals surface area contributed by atoms with Crippen LogP contribution in [0.15, 0.2) is 29.2 Å². The number of carbonyl (C=O) groups excluding carboxylic acids is 1. The first-order valence-electron chi connectivity index (χ1n) is 5.33. The molecule has 0 amide bonds. The summed E-state index contributed by atoms with van der Waals surface area (Å²) in [5, 5.41) is 8.64. The Bertz CT molecular complexity index is 474. The van der Waals surface area contributed by atoms with E-state index >= 15 is 0 Å². The molecule has 4 heteroatoms. The van der Waals surface area contributed by atoms with Gasteiger partial charge in [-0.15, -0.1) is 11.8 Å². The maximum Gasteiger partial charge on any atom is 0.307 e. The fourth-order valence-corrected chi connectivity index (χ4v) is 2.63. The molecule has 1 fully saturated rings. The molecule has 0 unspecified atom stereocenters. The van der Waals surface area contributed by atoms with Crippen molar-refractivity contribution in [3.05, 3.63) is 40.3 Å². The first kappa shape index (κ1) is 11.9. The lowest BCUT2D eigenvalue weighted by atomic mass is 10.1. The lowest BCUT2D eigenvalue weighted by Gasteiger charge is -1.99. The smallest absolute Gasteiger partial charge is 0.307 e. The summed E-state index contributed by atoms with van der Waals surface area (Å²) in [7, 11) is 0. The monoisotopic (exact) mass is 248 g/mol. The quantitative estimate of drug-likeness (QED) is 0.834. The van der Waals surface area contributed by atoms with Gasteiger partial charge in [-0.2, -0.15) is 0 Å². The number of carboxylic acids is 1. The molecule has 0 spiro atoms. The number of benzene rings is 1. The van der Waals surface area contributed by atoms with Crippen molar-refractivity contribution in [2.75, 3.05) is 5.75 Å². The van der Waals surface area contributed by atoms with Crippen LogP contribution in [0.25, 0.3) is 6.08 Å². The Hall–Kier alpha value is -1.55. The zero-order valence-corrected chi connectivity index (χ0v) is 10.00. The topological polar surface area (TPSA) is 54.4 Å². The van der Waals surface area contributed by atoms with Gasteiger partial charge in [-0.3, -0.25) is 9.59 Å². The summed E-state index contributed by atoms with van der Waals surface area (Å²) >= 11 is 1.58. The molecule has 17 heavy (non-hydrogen) atoms. The van der Waals surface area contributed by atoms with Gasteiger partial charge in [-0.25, -0.2) is 0 Å². The van der Waals surface area contributed by atoms with Crippen LogP contribution in [0.1, 0.15) is 17.5 Å². The van der Waals surface area contributed by atoms with Gasteiger partial charge in [0.05, 0.1) is 11.3 Å². The van der Waals surface area contributed by atoms with E-state index in [1.54, 1.807) is 23.9 Å². The Kier molecular flexibility index (Phi) is 3.64. The summed E-state index contributed by atoms with van der Waals surface area (Å²) in [5.74, 6) is 0.226. The van der Waals surface area contributed by atoms with Gasteiger partial charge in [0.1, 0.15) is 0 Å². The normalized spacial score (nSPS) is 17.6. The van der Waals surface area contributed by atoms with Crippen LogP contribution in [0.5, 0.6) is 0 Å². The van der Waals surface area contributed by atoms with E-state index in [4.69, 9.17) is 5.11 Å². The molecule has 0 radical (unpaired) electrons. The van der Waals surface area contributed by atoms with Gasteiger partial charge >= 0.3 is 5.97 Å². The van der Waals surface area contributed by atoms with E-state index in [-0.39, 0.29) is 12.2 Å². The van der Waals surface area contributed by atoms with Crippen LogP contribution < -0.4 is 0 Å². The predicted octanol–water partition coefficient (Wildman–Crippen LogP) is 2.36. The van der Waals surface area contributed by atoms with E-state index in [0.29, 0.717) is 6.42 Å². The third-order valence-corrected chi connectivity index (χ3v) is 3.56. The number of allylic oxidation sites excluding steroid dienone is 1. The Morgan fingerprint density at radius 1 is 1.35 bits per heavy atom. The number of ketones is 1. The van der Waals surface area contributed by atoms with Crippen LogP contribution in [-0.2, 0) is 16.0 Å². The molecule has 1 aliphatic heterocycles. The molecule has 1 N–H and O–H groups in total. The molecular formula is C13H12O3S. The molecule has 1 saturated heterocycles. The largest absolute Gasteiger partial charge is 0.481 e. The maximum atomic E-state index is 11.4. The summed E-state index contributed by atoms with van der Waals surface area (Å²) in [6.45, 7) is 0. The van der Waals surface area contributed by atoms with Crippen LogP contribution in [0, 0.1) is 0 Å². The molecule has 88 valence electrons. The summed E-state index contributed by atoms with van der Waals surface area (Å²) < 4.78 is 0. The lowest BCUT2D eigenvalue weighted by Crippen LogP contribution is -1.99. The molecule has 0 aromatic heterocycles. The molecular weight excluding hydrogens is 236 g/mol. The van der Waals surface area contributed by atoms with Gasteiger partial charge in [0.15, 0.2) is 5.78 Å². The Balaban J connectivity index is 2.13. The Morgan fingerprint density at radius 3 is 2.59 bits per heavy atom. The Labute approximate surface area is 104 Å². The van der Waals surface area contributed by atoms with E-state index in [1.807, 2.05) is 18.2 Å². The fraction of sp³-hybridized carbons (Fsp3) is 0.231. The molecule has 1 aromatic rings. The Morgan fingerprint density at radius 2 is 2.06 bits per heavy atom. The zero-order valence-electron chi connectivity index (χ0n) is 9.18. The van der Waals surface area contributed by atoms with E-state index in [0.717, 1.165) is 21.8 Å². The molecule has 3 nitrogen and oxygen atoms in total. The van der Waals surface area contributed by atoms with Gasteiger partial charge in [-0.1, -0.05) is 24.3 Å². The minimum absolute atomic E-state index is 0.0323. The van der Waals surface area contributed by atoms with Crippen LogP contribution in [0.3, 0.4) is 0 Å². The number of hydrogen-bond acceptors (Lipinski definition) is 3. The average molecular weight is 248 g/mol. The molecule has 0 atom stereocenters. The van der Waals surface area contributed by atoms with Gasteiger partial charge in [0, 0.05) is 12.2 Å². The third-order valence-electron chi connectivity index (χ3n) is 2.49. The average Bonchev–Trinajstić information content (AvgIpc) is 2.67. The molecule has 1 heterocycles. The van der Waals surface area contributed by atoms with Crippen molar-refractivity contribution >= 4 is 29.6 Å². The second kappa shape index (κ2) is 5.19. The highest BCUT2D eigenvalue weighted by atomic mass is 32.2. The number of rotatable bonds is 3. The van der Waals surface area contributed by atoms with Crippen molar-refractivity contribution in [1.82, 2.24) is 0 Å². The molecule has 2 rings (SSSR count). The van der Waals surface area contributed by atoms with Crippen molar-refractivity contribution in [3.8, 4) is 0 Å². The van der Waals surface area contributed by atoms with Crippen molar-refractivity contribution in [3.63, 3.8) is 0 Å². The van der Waals surface area contributed by atoms with Crippen molar-refractivity contribution in [1.29, 1.82) is 0 Å². The van der Waals surface area contributed by atoms with Gasteiger partial charge in [0.2, 0.25) is 0 Å². The van der Waals surface area contributed by atoms with Crippen molar-refractivity contribution < 1.29 is 14.7 Å². The zero-order chi connectivity index (χ0) is 12.3. The van der Waals surface area contributed by atoms with Crippen molar-refractivity contribution in [2.24, 2.45) is 0 Å². The molecule has 0 bridgehead atoms. The third kappa shape index (κ3) is 3.20. The fourth-order valence-electron chi connectivity index (χ4n) is 1.64. The lowest BCUT2D eigenvalue weighted by molar-refractivity contribution is -0.136. The minimum Gasteiger partial charge on any atom is -0.481 e. The van der Waals surface area contributed by atoms with Gasteiger partial charge in [-0.05, 0) is 17.2 Å². The summed E-state index contributed by atoms with van der Waals surface area (Å²) in [6.07, 6.45) is 2.52. The second-order valence-corrected chi connectivity index (χ2v) is 4.98. The van der Waals surface area contributed by atoms with E-state index in [9.17, 15) is 9.59 Å². The molecule has 1 aromatic carbocycles. The van der Waals surface area contributed by atoms with Crippen molar-refractivity contribution in [2.45, 2.75) is 12.8 Å². The number of Topliss-reactive ketones (excluding diaryl/α,β-unsaturated/α-hetero) is 1. The van der Waals surface area contributed by atoms with Crippen LogP contribution in [0.2, 0.25) is 0 Å². The molecule has 0 saturated carbocycles. The highest BCUT2D eigenvalue weighted by molar-refractivity contribution is 8.04. The van der Waals surface area contributed by atoms with E-state index in [1.165, 1.54) is 0 Å². The SMILES string of the molecule is O=C(O)Cc1ccc(C=C2SCCC2=O)cc1. The van der Waals surface area contributed by atoms with Gasteiger partial charge < -0.3 is 5.11 Å². The standard InChI is InChI=1S/C13H12O3S/c14-11-5-6-17-12(11)7-9-1-3-10(4-2-9)8-13(15)16/h1-4,7H,5-6,8H2,(H,15,16). The van der Waals surface area contributed by atoms with Crippen LogP contribution >= 0.6 is 11.8 Å². The summed E-state index contributed by atoms with van der Waals surface area (Å²) in [4.78, 5) is 22.7. The second-order valence-electron chi connectivity index (χ2n) is 3.84. The van der Waals surface area contributed by atoms with E-state index < -0.39 is 5.97 Å². The van der Waals surface area contributed by atoms with Crippen LogP contribution in [0.4, 0.5) is 0 Å². The highest BCUT2D eigenvalue weighted by Crippen LogP contribution is 2.28. The number of thioether (sulfide) groups is 1. The first-order chi connectivity index (χ1) is 8.15. The minimum atomic E-state index is -0.836. The summed E-state index contributed by atoms with van der Waals surface area (Å²) in [6, 6.07) is 7.25. The first-order valence-corrected chi connectivity index (χ1v) is 6.32. The van der Waals surface area contributed by atoms with Gasteiger partial charge in [0.25, 0.3) is 0 Å². The summed E-state index contributed by atoms with van der Waals surface area (Å²) in [5.41, 5.74) is 1.71. The molecule has 1 aliphatic rings. The number of carbonyl (C=O) groups is 2. The number of aliphatic carboxylic acids is 1. The van der Waals surface area contributed by atoms with Crippen LogP contribution in [-0.4, -0.2) is 22.6 Å².